The molecule has 39 heavy (non-hydrogen) atoms. The summed E-state index contributed by atoms with van der Waals surface area (Å²) >= 11 is 6.31. The van der Waals surface area contributed by atoms with Crippen LogP contribution in [0.1, 0.15) is 11.1 Å². The van der Waals surface area contributed by atoms with E-state index in [1.54, 1.807) is 4.90 Å². The number of ether oxygens (including phenoxy) is 2. The number of hydrogen-bond donors (Lipinski definition) is 1. The average Bonchev–Trinajstić information content (AvgIpc) is 3.32. The lowest BCUT2D eigenvalue weighted by Gasteiger charge is -2.38. The molecule has 0 radical (unpaired) electrons. The summed E-state index contributed by atoms with van der Waals surface area (Å²) in [5.41, 5.74) is 5.06. The van der Waals surface area contributed by atoms with Crippen molar-refractivity contribution in [3.8, 4) is 11.5 Å². The molecule has 7 nitrogen and oxygen atoms in total. The molecule has 1 atom stereocenters. The van der Waals surface area contributed by atoms with Gasteiger partial charge in [0.05, 0.1) is 5.69 Å². The fourth-order valence-corrected chi connectivity index (χ4v) is 5.48. The third-order valence-corrected chi connectivity index (χ3v) is 7.79. The highest BCUT2D eigenvalue weighted by molar-refractivity contribution is 6.31. The summed E-state index contributed by atoms with van der Waals surface area (Å²) in [4.78, 5) is 19.6. The number of carbonyl (C=O) groups is 1. The Kier molecular flexibility index (Phi) is 9.39. The first-order valence-corrected chi connectivity index (χ1v) is 13.2. The van der Waals surface area contributed by atoms with Gasteiger partial charge in [0.15, 0.2) is 11.5 Å². The second-order valence-electron chi connectivity index (χ2n) is 9.89. The number of rotatable bonds is 4. The number of hydrogen-bond acceptors (Lipinski definition) is 5. The Bertz CT molecular complexity index is 1300. The quantitative estimate of drug-likeness (QED) is 0.400. The van der Waals surface area contributed by atoms with Gasteiger partial charge in [0.1, 0.15) is 12.7 Å². The molecular weight excluding hydrogens is 559 g/mol. The van der Waals surface area contributed by atoms with Gasteiger partial charge in [0, 0.05) is 55.7 Å². The predicted molar refractivity (Wildman–Crippen MR) is 162 cm³/mol. The van der Waals surface area contributed by atoms with Crippen molar-refractivity contribution in [2.24, 2.45) is 0 Å². The summed E-state index contributed by atoms with van der Waals surface area (Å²) in [7, 11) is 0. The molecule has 3 heterocycles. The van der Waals surface area contributed by atoms with Gasteiger partial charge in [0.25, 0.3) is 0 Å². The monoisotopic (exact) mass is 590 g/mol. The van der Waals surface area contributed by atoms with Crippen LogP contribution in [0.5, 0.6) is 11.5 Å². The molecule has 1 fully saturated rings. The molecule has 0 bridgehead atoms. The van der Waals surface area contributed by atoms with E-state index in [0.29, 0.717) is 18.2 Å². The molecule has 0 aromatic heterocycles. The second kappa shape index (κ2) is 12.6. The molecule has 0 spiro atoms. The lowest BCUT2D eigenvalue weighted by molar-refractivity contribution is 0.0571. The number of fused-ring (bicyclic) bond motifs is 2. The van der Waals surface area contributed by atoms with Crippen LogP contribution in [0.4, 0.5) is 21.9 Å². The highest BCUT2D eigenvalue weighted by atomic mass is 35.5. The van der Waals surface area contributed by atoms with Gasteiger partial charge >= 0.3 is 6.03 Å². The number of carbonyl (C=O) groups excluding carboxylic acids is 1. The van der Waals surface area contributed by atoms with Crippen LogP contribution in [0, 0.1) is 6.92 Å². The Morgan fingerprint density at radius 2 is 1.69 bits per heavy atom. The third-order valence-electron chi connectivity index (χ3n) is 7.39. The molecule has 3 aliphatic rings. The Morgan fingerprint density at radius 1 is 0.974 bits per heavy atom. The van der Waals surface area contributed by atoms with Crippen molar-refractivity contribution in [1.82, 2.24) is 4.90 Å². The molecule has 1 saturated heterocycles. The zero-order valence-corrected chi connectivity index (χ0v) is 24.2. The first-order valence-electron chi connectivity index (χ1n) is 12.9. The van der Waals surface area contributed by atoms with E-state index in [0.717, 1.165) is 73.3 Å². The zero-order valence-electron chi connectivity index (χ0n) is 21.8. The molecular formula is C29H33Cl3N4O3. The third kappa shape index (κ3) is 6.33. The van der Waals surface area contributed by atoms with Crippen LogP contribution >= 0.6 is 36.4 Å². The van der Waals surface area contributed by atoms with Crippen molar-refractivity contribution < 1.29 is 14.3 Å². The summed E-state index contributed by atoms with van der Waals surface area (Å²) in [6.45, 7) is 7.92. The number of aryl methyl sites for hydroxylation is 1. The molecule has 3 aliphatic heterocycles. The number of nitrogens with zero attached hydrogens (tertiary/aromatic N) is 3. The maximum atomic E-state index is 13.0. The van der Waals surface area contributed by atoms with Crippen LogP contribution in [-0.4, -0.2) is 62.9 Å². The molecule has 10 heteroatoms. The van der Waals surface area contributed by atoms with Gasteiger partial charge in [-0.2, -0.15) is 0 Å². The largest absolute Gasteiger partial charge is 0.486 e. The van der Waals surface area contributed by atoms with Crippen LogP contribution in [0.15, 0.2) is 60.7 Å². The lowest BCUT2D eigenvalue weighted by Crippen LogP contribution is -2.50. The van der Waals surface area contributed by atoms with Gasteiger partial charge in [-0.25, -0.2) is 4.79 Å². The highest BCUT2D eigenvalue weighted by Gasteiger charge is 2.27. The predicted octanol–water partition coefficient (Wildman–Crippen LogP) is 6.05. The average molecular weight is 592 g/mol. The minimum atomic E-state index is -0.128. The van der Waals surface area contributed by atoms with Crippen LogP contribution in [0.25, 0.3) is 0 Å². The van der Waals surface area contributed by atoms with Crippen LogP contribution < -0.4 is 24.6 Å². The van der Waals surface area contributed by atoms with E-state index in [1.165, 1.54) is 5.56 Å². The molecule has 1 N–H and O–H groups in total. The van der Waals surface area contributed by atoms with E-state index in [2.05, 4.69) is 33.3 Å². The number of benzene rings is 3. The smallest absolute Gasteiger partial charge is 0.326 e. The van der Waals surface area contributed by atoms with Crippen molar-refractivity contribution in [1.29, 1.82) is 0 Å². The first kappa shape index (κ1) is 29.2. The number of para-hydroxylation sites is 2. The molecule has 1 unspecified atom stereocenters. The van der Waals surface area contributed by atoms with Crippen LogP contribution in [0.2, 0.25) is 5.02 Å². The normalized spacial score (nSPS) is 18.1. The highest BCUT2D eigenvalue weighted by Crippen LogP contribution is 2.34. The van der Waals surface area contributed by atoms with Crippen molar-refractivity contribution in [3.05, 3.63) is 76.8 Å². The van der Waals surface area contributed by atoms with Gasteiger partial charge in [-0.1, -0.05) is 29.8 Å². The Labute approximate surface area is 246 Å². The number of anilines is 3. The summed E-state index contributed by atoms with van der Waals surface area (Å²) in [5, 5.41) is 3.73. The molecule has 3 aromatic rings. The maximum Gasteiger partial charge on any atom is 0.326 e. The molecule has 208 valence electrons. The van der Waals surface area contributed by atoms with E-state index in [4.69, 9.17) is 21.1 Å². The number of urea groups is 1. The van der Waals surface area contributed by atoms with Gasteiger partial charge in [-0.05, 0) is 66.9 Å². The van der Waals surface area contributed by atoms with Gasteiger partial charge in [-0.3, -0.25) is 9.80 Å². The fraction of sp³-hybridized carbons (Fsp3) is 0.345. The first-order chi connectivity index (χ1) is 18.0. The molecule has 3 aromatic carbocycles. The molecule has 2 amide bonds. The summed E-state index contributed by atoms with van der Waals surface area (Å²) in [6.07, 6.45) is 0.894. The van der Waals surface area contributed by atoms with Crippen molar-refractivity contribution in [3.63, 3.8) is 0 Å². The number of halogens is 3. The number of piperazine rings is 1. The Hall–Kier alpha value is -2.84. The number of amides is 2. The van der Waals surface area contributed by atoms with E-state index >= 15 is 0 Å². The van der Waals surface area contributed by atoms with Crippen molar-refractivity contribution in [2.45, 2.75) is 19.4 Å². The van der Waals surface area contributed by atoms with Gasteiger partial charge in [-0.15, -0.1) is 24.8 Å². The zero-order chi connectivity index (χ0) is 25.4. The lowest BCUT2D eigenvalue weighted by atomic mass is 10.1. The summed E-state index contributed by atoms with van der Waals surface area (Å²) in [5.74, 6) is 1.66. The number of nitrogens with one attached hydrogen (secondary N) is 1. The van der Waals surface area contributed by atoms with E-state index in [9.17, 15) is 4.79 Å². The molecule has 6 rings (SSSR count). The van der Waals surface area contributed by atoms with Crippen LogP contribution in [-0.2, 0) is 6.42 Å². The second-order valence-corrected chi connectivity index (χ2v) is 10.3. The standard InChI is InChI=1S/C29H31ClN4O3.2ClH/c1-20-16-21-10-11-34(26(21)17-25(20)30)29(35)31-22-6-8-23(9-7-22)33-14-12-32(13-15-33)18-24-19-36-27-4-2-3-5-28(27)37-24;;/h2-9,16-17,24H,10-15,18-19H2,1H3,(H,31,35);2*1H. The van der Waals surface area contributed by atoms with E-state index in [1.807, 2.05) is 49.4 Å². The topological polar surface area (TPSA) is 57.3 Å². The summed E-state index contributed by atoms with van der Waals surface area (Å²) < 4.78 is 12.0. The fourth-order valence-electron chi connectivity index (χ4n) is 5.32. The van der Waals surface area contributed by atoms with E-state index in [-0.39, 0.29) is 36.9 Å². The van der Waals surface area contributed by atoms with Crippen molar-refractivity contribution in [2.75, 3.05) is 61.0 Å². The van der Waals surface area contributed by atoms with Crippen LogP contribution in [0.3, 0.4) is 0 Å². The Morgan fingerprint density at radius 3 is 2.44 bits per heavy atom. The van der Waals surface area contributed by atoms with Crippen molar-refractivity contribution >= 4 is 59.5 Å². The Balaban J connectivity index is 0.00000176. The molecule has 0 aliphatic carbocycles. The minimum Gasteiger partial charge on any atom is -0.486 e. The minimum absolute atomic E-state index is 0. The summed E-state index contributed by atoms with van der Waals surface area (Å²) in [6, 6.07) is 19.8. The van der Waals surface area contributed by atoms with E-state index < -0.39 is 0 Å². The SMILES string of the molecule is Cc1cc2c(cc1Cl)N(C(=O)Nc1ccc(N3CCN(CC4COc5ccccc5O4)CC3)cc1)CC2.Cl.Cl. The molecule has 0 saturated carbocycles. The maximum absolute atomic E-state index is 13.0. The van der Waals surface area contributed by atoms with Gasteiger partial charge in [0.2, 0.25) is 0 Å². The van der Waals surface area contributed by atoms with Gasteiger partial charge < -0.3 is 19.7 Å².